The average Bonchev–Trinajstić information content (AvgIpc) is 3.22. The Balaban J connectivity index is 1.98. The summed E-state index contributed by atoms with van der Waals surface area (Å²) in [5.74, 6) is -0.0777. The average molecular weight is 266 g/mol. The van der Waals surface area contributed by atoms with Crippen molar-refractivity contribution in [1.82, 2.24) is 4.90 Å². The summed E-state index contributed by atoms with van der Waals surface area (Å²) in [5, 5.41) is 9.09. The number of rotatable bonds is 7. The standard InChI is InChI=1S/C15H23FN2O/c1-11(10-18(8-9-19)12-6-7-12)15(17)13-4-2-3-5-14(13)16/h2-5,11-12,15,19H,6-10,17H2,1H3. The Bertz CT molecular complexity index is 409. The van der Waals surface area contributed by atoms with Crippen molar-refractivity contribution in [3.05, 3.63) is 35.6 Å². The topological polar surface area (TPSA) is 49.5 Å². The molecule has 0 spiro atoms. The molecule has 0 radical (unpaired) electrons. The zero-order valence-corrected chi connectivity index (χ0v) is 11.4. The van der Waals surface area contributed by atoms with Crippen molar-refractivity contribution in [1.29, 1.82) is 0 Å². The molecule has 1 fully saturated rings. The summed E-state index contributed by atoms with van der Waals surface area (Å²) >= 11 is 0. The van der Waals surface area contributed by atoms with E-state index in [0.29, 0.717) is 18.2 Å². The van der Waals surface area contributed by atoms with Gasteiger partial charge in [0.2, 0.25) is 0 Å². The Morgan fingerprint density at radius 3 is 2.68 bits per heavy atom. The first-order chi connectivity index (χ1) is 9.13. The molecular formula is C15H23FN2O. The highest BCUT2D eigenvalue weighted by molar-refractivity contribution is 5.21. The summed E-state index contributed by atoms with van der Waals surface area (Å²) in [6.07, 6.45) is 2.39. The number of halogens is 1. The van der Waals surface area contributed by atoms with Crippen molar-refractivity contribution in [2.75, 3.05) is 19.7 Å². The molecule has 1 aromatic rings. The number of nitrogens with zero attached hydrogens (tertiary/aromatic N) is 1. The predicted molar refractivity (Wildman–Crippen MR) is 74.2 cm³/mol. The molecule has 3 N–H and O–H groups in total. The molecule has 2 rings (SSSR count). The van der Waals surface area contributed by atoms with Crippen molar-refractivity contribution in [2.45, 2.75) is 31.8 Å². The van der Waals surface area contributed by atoms with Crippen LogP contribution in [-0.2, 0) is 0 Å². The molecule has 2 unspecified atom stereocenters. The molecule has 3 nitrogen and oxygen atoms in total. The molecule has 1 aliphatic carbocycles. The van der Waals surface area contributed by atoms with Gasteiger partial charge in [-0.15, -0.1) is 0 Å². The van der Waals surface area contributed by atoms with E-state index in [2.05, 4.69) is 4.90 Å². The van der Waals surface area contributed by atoms with Crippen LogP contribution in [0.3, 0.4) is 0 Å². The molecule has 1 aromatic carbocycles. The molecule has 0 heterocycles. The van der Waals surface area contributed by atoms with Gasteiger partial charge in [0.1, 0.15) is 5.82 Å². The molecule has 4 heteroatoms. The van der Waals surface area contributed by atoms with E-state index in [1.54, 1.807) is 12.1 Å². The smallest absolute Gasteiger partial charge is 0.127 e. The van der Waals surface area contributed by atoms with Gasteiger partial charge < -0.3 is 10.8 Å². The number of nitrogens with two attached hydrogens (primary N) is 1. The second-order valence-electron chi connectivity index (χ2n) is 5.47. The number of aliphatic hydroxyl groups excluding tert-OH is 1. The van der Waals surface area contributed by atoms with Gasteiger partial charge in [-0.25, -0.2) is 4.39 Å². The zero-order chi connectivity index (χ0) is 13.8. The van der Waals surface area contributed by atoms with Crippen LogP contribution in [0.2, 0.25) is 0 Å². The van der Waals surface area contributed by atoms with E-state index in [0.717, 1.165) is 6.54 Å². The van der Waals surface area contributed by atoms with Gasteiger partial charge in [-0.3, -0.25) is 4.90 Å². The van der Waals surface area contributed by atoms with Crippen molar-refractivity contribution in [3.63, 3.8) is 0 Å². The summed E-state index contributed by atoms with van der Waals surface area (Å²) in [5.41, 5.74) is 6.75. The fourth-order valence-corrected chi connectivity index (χ4v) is 2.53. The van der Waals surface area contributed by atoms with Crippen LogP contribution >= 0.6 is 0 Å². The number of hydrogen-bond donors (Lipinski definition) is 2. The fourth-order valence-electron chi connectivity index (χ4n) is 2.53. The maximum atomic E-state index is 13.7. The minimum atomic E-state index is -0.304. The van der Waals surface area contributed by atoms with E-state index in [4.69, 9.17) is 10.8 Å². The summed E-state index contributed by atoms with van der Waals surface area (Å²) in [6, 6.07) is 6.98. The molecule has 19 heavy (non-hydrogen) atoms. The van der Waals surface area contributed by atoms with Crippen LogP contribution in [0.4, 0.5) is 4.39 Å². The van der Waals surface area contributed by atoms with Gasteiger partial charge in [0.05, 0.1) is 6.61 Å². The van der Waals surface area contributed by atoms with Crippen LogP contribution in [0.5, 0.6) is 0 Å². The van der Waals surface area contributed by atoms with Crippen LogP contribution in [0.1, 0.15) is 31.4 Å². The van der Waals surface area contributed by atoms with Crippen LogP contribution in [0, 0.1) is 11.7 Å². The first-order valence-electron chi connectivity index (χ1n) is 6.98. The van der Waals surface area contributed by atoms with E-state index >= 15 is 0 Å². The third-order valence-corrected chi connectivity index (χ3v) is 3.85. The Morgan fingerprint density at radius 2 is 2.11 bits per heavy atom. The lowest BCUT2D eigenvalue weighted by molar-refractivity contribution is 0.164. The minimum absolute atomic E-state index is 0.157. The van der Waals surface area contributed by atoms with Crippen LogP contribution < -0.4 is 5.73 Å². The molecule has 0 amide bonds. The quantitative estimate of drug-likeness (QED) is 0.792. The minimum Gasteiger partial charge on any atom is -0.395 e. The first-order valence-corrected chi connectivity index (χ1v) is 6.98. The van der Waals surface area contributed by atoms with Crippen molar-refractivity contribution in [3.8, 4) is 0 Å². The Hall–Kier alpha value is -0.970. The van der Waals surface area contributed by atoms with Crippen LogP contribution in [0.25, 0.3) is 0 Å². The Labute approximate surface area is 114 Å². The molecule has 1 aliphatic rings. The Kier molecular flexibility index (Phi) is 4.91. The van der Waals surface area contributed by atoms with Gasteiger partial charge in [0, 0.05) is 30.7 Å². The van der Waals surface area contributed by atoms with Crippen molar-refractivity contribution in [2.24, 2.45) is 11.7 Å². The molecular weight excluding hydrogens is 243 g/mol. The summed E-state index contributed by atoms with van der Waals surface area (Å²) in [4.78, 5) is 2.27. The molecule has 0 bridgehead atoms. The molecule has 0 aromatic heterocycles. The maximum Gasteiger partial charge on any atom is 0.127 e. The molecule has 0 saturated heterocycles. The highest BCUT2D eigenvalue weighted by atomic mass is 19.1. The van der Waals surface area contributed by atoms with Gasteiger partial charge in [-0.2, -0.15) is 0 Å². The lowest BCUT2D eigenvalue weighted by Crippen LogP contribution is -2.37. The lowest BCUT2D eigenvalue weighted by Gasteiger charge is -2.28. The summed E-state index contributed by atoms with van der Waals surface area (Å²) < 4.78 is 13.7. The van der Waals surface area contributed by atoms with E-state index < -0.39 is 0 Å². The van der Waals surface area contributed by atoms with Crippen molar-refractivity contribution >= 4 is 0 Å². The molecule has 0 aliphatic heterocycles. The van der Waals surface area contributed by atoms with Gasteiger partial charge >= 0.3 is 0 Å². The highest BCUT2D eigenvalue weighted by Gasteiger charge is 2.30. The van der Waals surface area contributed by atoms with Crippen molar-refractivity contribution < 1.29 is 9.50 Å². The van der Waals surface area contributed by atoms with Crippen LogP contribution in [-0.4, -0.2) is 35.7 Å². The normalized spacial score (nSPS) is 18.6. The monoisotopic (exact) mass is 266 g/mol. The largest absolute Gasteiger partial charge is 0.395 e. The third-order valence-electron chi connectivity index (χ3n) is 3.85. The molecule has 106 valence electrons. The lowest BCUT2D eigenvalue weighted by atomic mass is 9.94. The van der Waals surface area contributed by atoms with Gasteiger partial charge in [-0.1, -0.05) is 25.1 Å². The van der Waals surface area contributed by atoms with E-state index in [1.165, 1.54) is 18.9 Å². The van der Waals surface area contributed by atoms with Gasteiger partial charge in [0.15, 0.2) is 0 Å². The zero-order valence-electron chi connectivity index (χ0n) is 11.4. The summed E-state index contributed by atoms with van der Waals surface area (Å²) in [6.45, 7) is 3.70. The molecule has 2 atom stereocenters. The first kappa shape index (κ1) is 14.4. The van der Waals surface area contributed by atoms with E-state index in [1.807, 2.05) is 13.0 Å². The number of benzene rings is 1. The fraction of sp³-hybridized carbons (Fsp3) is 0.600. The number of hydrogen-bond acceptors (Lipinski definition) is 3. The second-order valence-corrected chi connectivity index (χ2v) is 5.47. The second kappa shape index (κ2) is 6.46. The SMILES string of the molecule is CC(CN(CCO)C1CC1)C(N)c1ccccc1F. The van der Waals surface area contributed by atoms with E-state index in [9.17, 15) is 4.39 Å². The van der Waals surface area contributed by atoms with Crippen LogP contribution in [0.15, 0.2) is 24.3 Å². The third kappa shape index (κ3) is 3.75. The number of aliphatic hydroxyl groups is 1. The Morgan fingerprint density at radius 1 is 1.42 bits per heavy atom. The van der Waals surface area contributed by atoms with Gasteiger partial charge in [-0.05, 0) is 24.8 Å². The highest BCUT2D eigenvalue weighted by Crippen LogP contribution is 2.29. The van der Waals surface area contributed by atoms with E-state index in [-0.39, 0.29) is 24.4 Å². The van der Waals surface area contributed by atoms with Gasteiger partial charge in [0.25, 0.3) is 0 Å². The predicted octanol–water partition coefficient (Wildman–Crippen LogP) is 1.92. The maximum absolute atomic E-state index is 13.7. The molecule has 1 saturated carbocycles. The summed E-state index contributed by atoms with van der Waals surface area (Å²) in [7, 11) is 0.